The average molecular weight is 287 g/mol. The summed E-state index contributed by atoms with van der Waals surface area (Å²) in [6.45, 7) is 0. The molecule has 0 aliphatic heterocycles. The number of carboxylic acid groups (broad SMARTS) is 1. The highest BCUT2D eigenvalue weighted by Crippen LogP contribution is 2.20. The van der Waals surface area contributed by atoms with Crippen molar-refractivity contribution in [2.75, 3.05) is 5.32 Å². The molecule has 1 heterocycles. The number of amides is 1. The SMILES string of the molecule is O=C(O)CCCCC(=O)Nc1cccc(-c2ccn[nH]2)c1. The Hall–Kier alpha value is -2.63. The monoisotopic (exact) mass is 287 g/mol. The summed E-state index contributed by atoms with van der Waals surface area (Å²) in [5.74, 6) is -0.940. The zero-order valence-electron chi connectivity index (χ0n) is 11.5. The highest BCUT2D eigenvalue weighted by atomic mass is 16.4. The quantitative estimate of drug-likeness (QED) is 0.682. The summed E-state index contributed by atoms with van der Waals surface area (Å²) in [6, 6.07) is 9.32. The third-order valence-electron chi connectivity index (χ3n) is 3.00. The van der Waals surface area contributed by atoms with Gasteiger partial charge in [0.25, 0.3) is 0 Å². The van der Waals surface area contributed by atoms with Gasteiger partial charge >= 0.3 is 5.97 Å². The van der Waals surface area contributed by atoms with Gasteiger partial charge in [-0.1, -0.05) is 12.1 Å². The summed E-state index contributed by atoms with van der Waals surface area (Å²) in [6.07, 6.45) is 3.17. The van der Waals surface area contributed by atoms with Gasteiger partial charge in [-0.15, -0.1) is 0 Å². The number of aromatic amines is 1. The fourth-order valence-electron chi connectivity index (χ4n) is 1.97. The molecule has 2 rings (SSSR count). The number of hydrogen-bond donors (Lipinski definition) is 3. The van der Waals surface area contributed by atoms with Crippen molar-refractivity contribution in [1.29, 1.82) is 0 Å². The minimum absolute atomic E-state index is 0.0998. The van der Waals surface area contributed by atoms with Crippen molar-refractivity contribution < 1.29 is 14.7 Å². The first-order valence-corrected chi connectivity index (χ1v) is 6.76. The van der Waals surface area contributed by atoms with Crippen LogP contribution < -0.4 is 5.32 Å². The Bertz CT molecular complexity index is 608. The summed E-state index contributed by atoms with van der Waals surface area (Å²) >= 11 is 0. The lowest BCUT2D eigenvalue weighted by Gasteiger charge is -2.06. The van der Waals surface area contributed by atoms with E-state index in [9.17, 15) is 9.59 Å². The summed E-state index contributed by atoms with van der Waals surface area (Å²) in [4.78, 5) is 22.2. The third kappa shape index (κ3) is 4.76. The lowest BCUT2D eigenvalue weighted by molar-refractivity contribution is -0.137. The van der Waals surface area contributed by atoms with Crippen LogP contribution >= 0.6 is 0 Å². The van der Waals surface area contributed by atoms with Gasteiger partial charge in [-0.2, -0.15) is 5.10 Å². The molecule has 6 nitrogen and oxygen atoms in total. The van der Waals surface area contributed by atoms with E-state index < -0.39 is 5.97 Å². The molecule has 0 spiro atoms. The molecule has 0 atom stereocenters. The largest absolute Gasteiger partial charge is 0.481 e. The van der Waals surface area contributed by atoms with Gasteiger partial charge in [-0.05, 0) is 31.0 Å². The number of anilines is 1. The first-order valence-electron chi connectivity index (χ1n) is 6.76. The highest BCUT2D eigenvalue weighted by molar-refractivity contribution is 5.91. The average Bonchev–Trinajstić information content (AvgIpc) is 2.98. The molecule has 0 fully saturated rings. The van der Waals surface area contributed by atoms with Gasteiger partial charge in [0.2, 0.25) is 5.91 Å². The molecule has 0 saturated heterocycles. The molecule has 0 radical (unpaired) electrons. The Morgan fingerprint density at radius 2 is 2.00 bits per heavy atom. The molecule has 21 heavy (non-hydrogen) atoms. The number of carbonyl (C=O) groups is 2. The molecular formula is C15H17N3O3. The van der Waals surface area contributed by atoms with Crippen LogP contribution in [0.3, 0.4) is 0 Å². The van der Waals surface area contributed by atoms with Crippen molar-refractivity contribution in [3.63, 3.8) is 0 Å². The van der Waals surface area contributed by atoms with Gasteiger partial charge in [-0.25, -0.2) is 0 Å². The van der Waals surface area contributed by atoms with Crippen LogP contribution in [0, 0.1) is 0 Å². The Balaban J connectivity index is 1.86. The topological polar surface area (TPSA) is 95.1 Å². The van der Waals surface area contributed by atoms with Crippen LogP contribution in [0.5, 0.6) is 0 Å². The number of aliphatic carboxylic acids is 1. The number of nitrogens with zero attached hydrogens (tertiary/aromatic N) is 1. The van der Waals surface area contributed by atoms with Gasteiger partial charge in [0.15, 0.2) is 0 Å². The van der Waals surface area contributed by atoms with Crippen molar-refractivity contribution in [3.8, 4) is 11.3 Å². The van der Waals surface area contributed by atoms with E-state index in [0.717, 1.165) is 11.3 Å². The van der Waals surface area contributed by atoms with Crippen LogP contribution in [-0.4, -0.2) is 27.2 Å². The maximum absolute atomic E-state index is 11.8. The zero-order chi connectivity index (χ0) is 15.1. The Morgan fingerprint density at radius 1 is 1.19 bits per heavy atom. The second-order valence-electron chi connectivity index (χ2n) is 4.70. The van der Waals surface area contributed by atoms with E-state index in [1.807, 2.05) is 30.3 Å². The summed E-state index contributed by atoms with van der Waals surface area (Å²) < 4.78 is 0. The molecule has 0 saturated carbocycles. The standard InChI is InChI=1S/C15H17N3O3/c19-14(6-1-2-7-15(20)21)17-12-5-3-4-11(10-12)13-8-9-16-18-13/h3-5,8-10H,1-2,6-7H2,(H,16,18)(H,17,19)(H,20,21). The smallest absolute Gasteiger partial charge is 0.303 e. The molecule has 1 aromatic carbocycles. The maximum Gasteiger partial charge on any atom is 0.303 e. The van der Waals surface area contributed by atoms with Crippen LogP contribution in [0.1, 0.15) is 25.7 Å². The maximum atomic E-state index is 11.8. The van der Waals surface area contributed by atoms with Crippen molar-refractivity contribution in [2.24, 2.45) is 0 Å². The first-order chi connectivity index (χ1) is 10.1. The number of unbranched alkanes of at least 4 members (excludes halogenated alkanes) is 1. The summed E-state index contributed by atoms with van der Waals surface area (Å²) in [5, 5.41) is 18.1. The van der Waals surface area contributed by atoms with E-state index in [0.29, 0.717) is 24.9 Å². The predicted molar refractivity (Wildman–Crippen MR) is 78.8 cm³/mol. The van der Waals surface area contributed by atoms with Gasteiger partial charge in [0.05, 0.1) is 5.69 Å². The number of carbonyl (C=O) groups excluding carboxylic acids is 1. The number of carboxylic acids is 1. The van der Waals surface area contributed by atoms with Crippen LogP contribution in [0.15, 0.2) is 36.5 Å². The fraction of sp³-hybridized carbons (Fsp3) is 0.267. The number of benzene rings is 1. The van der Waals surface area contributed by atoms with Crippen molar-refractivity contribution in [3.05, 3.63) is 36.5 Å². The predicted octanol–water partition coefficient (Wildman–Crippen LogP) is 2.66. The summed E-state index contributed by atoms with van der Waals surface area (Å²) in [7, 11) is 0. The molecule has 0 aliphatic carbocycles. The molecule has 0 unspecified atom stereocenters. The van der Waals surface area contributed by atoms with Crippen LogP contribution in [0.2, 0.25) is 0 Å². The Morgan fingerprint density at radius 3 is 2.71 bits per heavy atom. The molecule has 110 valence electrons. The van der Waals surface area contributed by atoms with E-state index in [1.165, 1.54) is 0 Å². The Labute approximate surface area is 122 Å². The summed E-state index contributed by atoms with van der Waals surface area (Å²) in [5.41, 5.74) is 2.54. The normalized spacial score (nSPS) is 10.3. The van der Waals surface area contributed by atoms with Gasteiger partial charge < -0.3 is 10.4 Å². The number of nitrogens with one attached hydrogen (secondary N) is 2. The number of H-pyrrole nitrogens is 1. The minimum atomic E-state index is -0.831. The third-order valence-corrected chi connectivity index (χ3v) is 3.00. The Kier molecular flexibility index (Phi) is 5.09. The number of rotatable bonds is 7. The number of hydrogen-bond acceptors (Lipinski definition) is 3. The molecule has 1 amide bonds. The molecule has 1 aromatic heterocycles. The van der Waals surface area contributed by atoms with Crippen molar-refractivity contribution >= 4 is 17.6 Å². The van der Waals surface area contributed by atoms with E-state index >= 15 is 0 Å². The van der Waals surface area contributed by atoms with E-state index in [1.54, 1.807) is 6.20 Å². The molecule has 6 heteroatoms. The van der Waals surface area contributed by atoms with Gasteiger partial charge in [0.1, 0.15) is 0 Å². The van der Waals surface area contributed by atoms with Gasteiger partial charge in [-0.3, -0.25) is 14.7 Å². The second-order valence-corrected chi connectivity index (χ2v) is 4.70. The van der Waals surface area contributed by atoms with E-state index in [2.05, 4.69) is 15.5 Å². The van der Waals surface area contributed by atoms with Crippen LogP contribution in [-0.2, 0) is 9.59 Å². The zero-order valence-corrected chi connectivity index (χ0v) is 11.5. The molecule has 3 N–H and O–H groups in total. The van der Waals surface area contributed by atoms with Gasteiger partial charge in [0, 0.05) is 30.3 Å². The molecule has 0 bridgehead atoms. The van der Waals surface area contributed by atoms with Crippen molar-refractivity contribution in [1.82, 2.24) is 10.2 Å². The van der Waals surface area contributed by atoms with Crippen LogP contribution in [0.25, 0.3) is 11.3 Å². The lowest BCUT2D eigenvalue weighted by Crippen LogP contribution is -2.11. The lowest BCUT2D eigenvalue weighted by atomic mass is 10.1. The highest BCUT2D eigenvalue weighted by Gasteiger charge is 2.05. The molecular weight excluding hydrogens is 270 g/mol. The first kappa shape index (κ1) is 14.8. The van der Waals surface area contributed by atoms with E-state index in [-0.39, 0.29) is 12.3 Å². The van der Waals surface area contributed by atoms with Crippen molar-refractivity contribution in [2.45, 2.75) is 25.7 Å². The fourth-order valence-corrected chi connectivity index (χ4v) is 1.97. The minimum Gasteiger partial charge on any atom is -0.481 e. The number of aromatic nitrogens is 2. The van der Waals surface area contributed by atoms with E-state index in [4.69, 9.17) is 5.11 Å². The molecule has 0 aliphatic rings. The molecule has 2 aromatic rings. The second kappa shape index (κ2) is 7.23. The van der Waals surface area contributed by atoms with Crippen LogP contribution in [0.4, 0.5) is 5.69 Å².